The molecule has 0 bridgehead atoms. The summed E-state index contributed by atoms with van der Waals surface area (Å²) < 4.78 is 0. The zero-order valence-corrected chi connectivity index (χ0v) is 13.6. The highest BCUT2D eigenvalue weighted by molar-refractivity contribution is 7.08. The lowest BCUT2D eigenvalue weighted by atomic mass is 9.87. The van der Waals surface area contributed by atoms with Crippen molar-refractivity contribution in [2.24, 2.45) is 0 Å². The molecule has 22 heavy (non-hydrogen) atoms. The van der Waals surface area contributed by atoms with E-state index < -0.39 is 0 Å². The van der Waals surface area contributed by atoms with Crippen molar-refractivity contribution in [1.29, 1.82) is 0 Å². The highest BCUT2D eigenvalue weighted by Gasteiger charge is 2.45. The van der Waals surface area contributed by atoms with Crippen LogP contribution < -0.4 is 0 Å². The third kappa shape index (κ3) is 2.70. The van der Waals surface area contributed by atoms with Gasteiger partial charge in [-0.3, -0.25) is 9.59 Å². The molecule has 2 amide bonds. The van der Waals surface area contributed by atoms with Gasteiger partial charge in [-0.05, 0) is 37.1 Å². The Kier molecular flexibility index (Phi) is 4.34. The summed E-state index contributed by atoms with van der Waals surface area (Å²) in [7, 11) is 0. The summed E-state index contributed by atoms with van der Waals surface area (Å²) in [5, 5.41) is 3.85. The second-order valence-electron chi connectivity index (χ2n) is 6.18. The molecule has 5 heteroatoms. The molecular weight excluding hydrogens is 296 g/mol. The predicted molar refractivity (Wildman–Crippen MR) is 87.9 cm³/mol. The minimum absolute atomic E-state index is 0.0606. The van der Waals surface area contributed by atoms with Crippen molar-refractivity contribution >= 4 is 23.2 Å². The SMILES string of the molecule is C=CCN1C(=O)CCC12CCCN(C(=O)c1ccsc1)CC2. The molecule has 4 nitrogen and oxygen atoms in total. The van der Waals surface area contributed by atoms with E-state index in [1.54, 1.807) is 11.3 Å². The van der Waals surface area contributed by atoms with E-state index in [9.17, 15) is 9.59 Å². The molecule has 2 fully saturated rings. The summed E-state index contributed by atoms with van der Waals surface area (Å²) in [4.78, 5) is 28.6. The quantitative estimate of drug-likeness (QED) is 0.804. The Morgan fingerprint density at radius 1 is 1.36 bits per heavy atom. The molecule has 0 N–H and O–H groups in total. The topological polar surface area (TPSA) is 40.6 Å². The molecule has 118 valence electrons. The van der Waals surface area contributed by atoms with Crippen LogP contribution in [0.5, 0.6) is 0 Å². The largest absolute Gasteiger partial charge is 0.339 e. The van der Waals surface area contributed by atoms with Crippen LogP contribution in [0, 0.1) is 0 Å². The normalized spacial score (nSPS) is 25.5. The van der Waals surface area contributed by atoms with Crippen LogP contribution in [0.1, 0.15) is 42.5 Å². The Morgan fingerprint density at radius 3 is 2.95 bits per heavy atom. The molecule has 1 aromatic heterocycles. The molecule has 2 aliphatic rings. The number of nitrogens with zero attached hydrogens (tertiary/aromatic N) is 2. The molecule has 0 saturated carbocycles. The van der Waals surface area contributed by atoms with Gasteiger partial charge in [0.15, 0.2) is 0 Å². The van der Waals surface area contributed by atoms with Crippen LogP contribution in [-0.4, -0.2) is 46.8 Å². The summed E-state index contributed by atoms with van der Waals surface area (Å²) >= 11 is 1.55. The lowest BCUT2D eigenvalue weighted by Crippen LogP contribution is -2.46. The van der Waals surface area contributed by atoms with Gasteiger partial charge in [0.2, 0.25) is 5.91 Å². The highest BCUT2D eigenvalue weighted by atomic mass is 32.1. The summed E-state index contributed by atoms with van der Waals surface area (Å²) in [6, 6.07) is 1.89. The number of carbonyl (C=O) groups excluding carboxylic acids is 2. The van der Waals surface area contributed by atoms with Gasteiger partial charge in [-0.25, -0.2) is 0 Å². The maximum absolute atomic E-state index is 12.5. The minimum Gasteiger partial charge on any atom is -0.339 e. The van der Waals surface area contributed by atoms with E-state index in [-0.39, 0.29) is 17.4 Å². The van der Waals surface area contributed by atoms with E-state index in [2.05, 4.69) is 6.58 Å². The number of rotatable bonds is 3. The summed E-state index contributed by atoms with van der Waals surface area (Å²) in [5.41, 5.74) is 0.723. The van der Waals surface area contributed by atoms with Crippen LogP contribution in [0.3, 0.4) is 0 Å². The second kappa shape index (κ2) is 6.24. The maximum atomic E-state index is 12.5. The van der Waals surface area contributed by atoms with Crippen molar-refractivity contribution in [2.75, 3.05) is 19.6 Å². The molecule has 1 unspecified atom stereocenters. The zero-order chi connectivity index (χ0) is 15.6. The number of hydrogen-bond acceptors (Lipinski definition) is 3. The van der Waals surface area contributed by atoms with Gasteiger partial charge in [-0.1, -0.05) is 6.08 Å². The first-order valence-electron chi connectivity index (χ1n) is 7.89. The molecule has 0 aliphatic carbocycles. The van der Waals surface area contributed by atoms with Gasteiger partial charge in [-0.2, -0.15) is 11.3 Å². The number of carbonyl (C=O) groups is 2. The van der Waals surface area contributed by atoms with Crippen molar-refractivity contribution in [3.63, 3.8) is 0 Å². The second-order valence-corrected chi connectivity index (χ2v) is 6.96. The summed E-state index contributed by atoms with van der Waals surface area (Å²) in [6.45, 7) is 5.92. The minimum atomic E-state index is -0.0606. The monoisotopic (exact) mass is 318 g/mol. The van der Waals surface area contributed by atoms with Gasteiger partial charge in [0.1, 0.15) is 0 Å². The van der Waals surface area contributed by atoms with Gasteiger partial charge in [-0.15, -0.1) is 6.58 Å². The van der Waals surface area contributed by atoms with E-state index in [1.807, 2.05) is 32.7 Å². The molecule has 2 aliphatic heterocycles. The first-order valence-corrected chi connectivity index (χ1v) is 8.83. The zero-order valence-electron chi connectivity index (χ0n) is 12.8. The van der Waals surface area contributed by atoms with E-state index in [0.29, 0.717) is 13.0 Å². The first kappa shape index (κ1) is 15.3. The van der Waals surface area contributed by atoms with Crippen LogP contribution in [0.4, 0.5) is 0 Å². The van der Waals surface area contributed by atoms with Crippen LogP contribution in [0.15, 0.2) is 29.5 Å². The molecule has 1 atom stereocenters. The third-order valence-corrected chi connectivity index (χ3v) is 5.65. The van der Waals surface area contributed by atoms with Crippen LogP contribution in [0.25, 0.3) is 0 Å². The van der Waals surface area contributed by atoms with Crippen molar-refractivity contribution in [3.05, 3.63) is 35.0 Å². The predicted octanol–water partition coefficient (Wildman–Crippen LogP) is 2.92. The van der Waals surface area contributed by atoms with Crippen molar-refractivity contribution in [1.82, 2.24) is 9.80 Å². The molecular formula is C17H22N2O2S. The molecule has 2 saturated heterocycles. The lowest BCUT2D eigenvalue weighted by Gasteiger charge is -2.37. The van der Waals surface area contributed by atoms with Gasteiger partial charge >= 0.3 is 0 Å². The number of hydrogen-bond donors (Lipinski definition) is 0. The smallest absolute Gasteiger partial charge is 0.254 e. The standard InChI is InChI=1S/C17H22N2O2S/c1-2-9-19-15(20)4-7-17(19)6-3-10-18(11-8-17)16(21)14-5-12-22-13-14/h2,5,12-13H,1,3-4,6-11H2. The molecule has 3 rings (SSSR count). The Hall–Kier alpha value is -1.62. The van der Waals surface area contributed by atoms with Crippen LogP contribution in [0.2, 0.25) is 0 Å². The van der Waals surface area contributed by atoms with E-state index in [1.165, 1.54) is 0 Å². The molecule has 0 radical (unpaired) electrons. The maximum Gasteiger partial charge on any atom is 0.254 e. The summed E-state index contributed by atoms with van der Waals surface area (Å²) in [5.74, 6) is 0.357. The Bertz CT molecular complexity index is 569. The van der Waals surface area contributed by atoms with Gasteiger partial charge < -0.3 is 9.80 Å². The number of amides is 2. The van der Waals surface area contributed by atoms with Crippen LogP contribution >= 0.6 is 11.3 Å². The Labute approximate surface area is 135 Å². The first-order chi connectivity index (χ1) is 10.7. The highest BCUT2D eigenvalue weighted by Crippen LogP contribution is 2.39. The Morgan fingerprint density at radius 2 is 2.23 bits per heavy atom. The number of thiophene rings is 1. The van der Waals surface area contributed by atoms with E-state index in [4.69, 9.17) is 0 Å². The molecule has 3 heterocycles. The van der Waals surface area contributed by atoms with Crippen molar-refractivity contribution in [2.45, 2.75) is 37.6 Å². The fourth-order valence-electron chi connectivity index (χ4n) is 3.77. The average Bonchev–Trinajstić information content (AvgIpc) is 3.08. The molecule has 1 spiro atoms. The van der Waals surface area contributed by atoms with E-state index >= 15 is 0 Å². The summed E-state index contributed by atoms with van der Waals surface area (Å²) in [6.07, 6.45) is 6.18. The fraction of sp³-hybridized carbons (Fsp3) is 0.529. The fourth-order valence-corrected chi connectivity index (χ4v) is 4.40. The van der Waals surface area contributed by atoms with Gasteiger partial charge in [0.05, 0.1) is 5.56 Å². The molecule has 1 aromatic rings. The molecule has 0 aromatic carbocycles. The number of likely N-dealkylation sites (tertiary alicyclic amines) is 2. The van der Waals surface area contributed by atoms with E-state index in [0.717, 1.165) is 44.3 Å². The van der Waals surface area contributed by atoms with Crippen molar-refractivity contribution in [3.8, 4) is 0 Å². The Balaban J connectivity index is 1.73. The van der Waals surface area contributed by atoms with Gasteiger partial charge in [0.25, 0.3) is 5.91 Å². The van der Waals surface area contributed by atoms with Crippen LogP contribution in [-0.2, 0) is 4.79 Å². The average molecular weight is 318 g/mol. The van der Waals surface area contributed by atoms with Gasteiger partial charge in [0, 0.05) is 37.0 Å². The van der Waals surface area contributed by atoms with Crippen molar-refractivity contribution < 1.29 is 9.59 Å². The lowest BCUT2D eigenvalue weighted by molar-refractivity contribution is -0.130. The third-order valence-electron chi connectivity index (χ3n) is 4.96.